The van der Waals surface area contributed by atoms with Crippen LogP contribution in [0.4, 0.5) is 14.5 Å². The summed E-state index contributed by atoms with van der Waals surface area (Å²) in [4.78, 5) is 0. The molecule has 0 fully saturated rings. The van der Waals surface area contributed by atoms with Crippen LogP contribution < -0.4 is 10.5 Å². The van der Waals surface area contributed by atoms with Crippen molar-refractivity contribution in [1.29, 1.82) is 0 Å². The summed E-state index contributed by atoms with van der Waals surface area (Å²) in [5.41, 5.74) is 7.06. The van der Waals surface area contributed by atoms with Gasteiger partial charge in [-0.05, 0) is 24.3 Å². The Hall–Kier alpha value is -1.62. The van der Waals surface area contributed by atoms with E-state index in [1.807, 2.05) is 6.07 Å². The maximum Gasteiger partial charge on any atom is 0.167 e. The van der Waals surface area contributed by atoms with Crippen molar-refractivity contribution >= 4 is 21.6 Å². The topological polar surface area (TPSA) is 35.2 Å². The highest BCUT2D eigenvalue weighted by Crippen LogP contribution is 2.25. The largest absolute Gasteiger partial charge is 0.486 e. The van der Waals surface area contributed by atoms with E-state index in [0.717, 1.165) is 22.2 Å². The van der Waals surface area contributed by atoms with Gasteiger partial charge in [0, 0.05) is 21.8 Å². The molecule has 0 radical (unpaired) electrons. The zero-order valence-electron chi connectivity index (χ0n) is 9.29. The zero-order valence-corrected chi connectivity index (χ0v) is 10.9. The van der Waals surface area contributed by atoms with Gasteiger partial charge in [0.1, 0.15) is 12.4 Å². The van der Waals surface area contributed by atoms with Crippen molar-refractivity contribution in [1.82, 2.24) is 0 Å². The van der Waals surface area contributed by atoms with E-state index in [-0.39, 0.29) is 12.4 Å². The standard InChI is InChI=1S/C13H10BrF2NO/c14-10-2-1-3-12(17)9(10)7-18-13-5-4-8(15)6-11(13)16/h1-6H,7,17H2. The first-order valence-corrected chi connectivity index (χ1v) is 5.98. The average Bonchev–Trinajstić information content (AvgIpc) is 2.31. The zero-order chi connectivity index (χ0) is 13.1. The molecule has 94 valence electrons. The van der Waals surface area contributed by atoms with Gasteiger partial charge in [-0.1, -0.05) is 22.0 Å². The Balaban J connectivity index is 2.16. The molecule has 0 unspecified atom stereocenters. The second-order valence-corrected chi connectivity index (χ2v) is 4.53. The first kappa shape index (κ1) is 12.8. The smallest absolute Gasteiger partial charge is 0.167 e. The molecule has 5 heteroatoms. The fourth-order valence-electron chi connectivity index (χ4n) is 1.47. The van der Waals surface area contributed by atoms with Crippen molar-refractivity contribution in [3.8, 4) is 5.75 Å². The molecule has 0 saturated carbocycles. The van der Waals surface area contributed by atoms with Crippen molar-refractivity contribution in [3.63, 3.8) is 0 Å². The minimum Gasteiger partial charge on any atom is -0.486 e. The molecule has 2 N–H and O–H groups in total. The highest BCUT2D eigenvalue weighted by atomic mass is 79.9. The monoisotopic (exact) mass is 313 g/mol. The van der Waals surface area contributed by atoms with E-state index in [0.29, 0.717) is 5.69 Å². The van der Waals surface area contributed by atoms with E-state index in [1.165, 1.54) is 6.07 Å². The van der Waals surface area contributed by atoms with E-state index in [2.05, 4.69) is 15.9 Å². The quantitative estimate of drug-likeness (QED) is 0.873. The molecule has 0 heterocycles. The molecule has 0 aliphatic rings. The van der Waals surface area contributed by atoms with Crippen LogP contribution in [0.3, 0.4) is 0 Å². The lowest BCUT2D eigenvalue weighted by molar-refractivity contribution is 0.289. The van der Waals surface area contributed by atoms with Crippen LogP contribution in [0.1, 0.15) is 5.56 Å². The Morgan fingerprint density at radius 3 is 2.61 bits per heavy atom. The van der Waals surface area contributed by atoms with E-state index in [1.54, 1.807) is 12.1 Å². The first-order valence-electron chi connectivity index (χ1n) is 5.18. The fraction of sp³-hybridized carbons (Fsp3) is 0.0769. The maximum absolute atomic E-state index is 13.3. The number of nitrogens with two attached hydrogens (primary N) is 1. The SMILES string of the molecule is Nc1cccc(Br)c1COc1ccc(F)cc1F. The number of hydrogen-bond donors (Lipinski definition) is 1. The van der Waals surface area contributed by atoms with E-state index in [9.17, 15) is 8.78 Å². The van der Waals surface area contributed by atoms with Crippen molar-refractivity contribution in [2.45, 2.75) is 6.61 Å². The first-order chi connectivity index (χ1) is 8.58. The predicted molar refractivity (Wildman–Crippen MR) is 69.2 cm³/mol. The highest BCUT2D eigenvalue weighted by molar-refractivity contribution is 9.10. The number of benzene rings is 2. The number of nitrogen functional groups attached to an aromatic ring is 1. The average molecular weight is 314 g/mol. The minimum atomic E-state index is -0.736. The third-order valence-electron chi connectivity index (χ3n) is 2.42. The van der Waals surface area contributed by atoms with Gasteiger partial charge in [-0.25, -0.2) is 8.78 Å². The minimum absolute atomic E-state index is 0.00782. The second-order valence-electron chi connectivity index (χ2n) is 3.67. The lowest BCUT2D eigenvalue weighted by Gasteiger charge is -2.10. The Morgan fingerprint density at radius 1 is 1.17 bits per heavy atom. The summed E-state index contributed by atoms with van der Waals surface area (Å²) in [6.45, 7) is 0.107. The Kier molecular flexibility index (Phi) is 3.81. The van der Waals surface area contributed by atoms with E-state index < -0.39 is 11.6 Å². The summed E-state index contributed by atoms with van der Waals surface area (Å²) >= 11 is 3.34. The summed E-state index contributed by atoms with van der Waals surface area (Å²) in [7, 11) is 0. The highest BCUT2D eigenvalue weighted by Gasteiger charge is 2.08. The van der Waals surface area contributed by atoms with Crippen LogP contribution in [0, 0.1) is 11.6 Å². The number of rotatable bonds is 3. The van der Waals surface area contributed by atoms with Crippen LogP contribution in [0.2, 0.25) is 0 Å². The molecule has 0 bridgehead atoms. The molecule has 0 amide bonds. The van der Waals surface area contributed by atoms with E-state index in [4.69, 9.17) is 10.5 Å². The molecule has 18 heavy (non-hydrogen) atoms. The van der Waals surface area contributed by atoms with Gasteiger partial charge in [-0.3, -0.25) is 0 Å². The van der Waals surface area contributed by atoms with Crippen LogP contribution >= 0.6 is 15.9 Å². The van der Waals surface area contributed by atoms with Gasteiger partial charge in [0.15, 0.2) is 11.6 Å². The molecule has 0 atom stereocenters. The third-order valence-corrected chi connectivity index (χ3v) is 3.16. The van der Waals surface area contributed by atoms with Gasteiger partial charge in [0.25, 0.3) is 0 Å². The van der Waals surface area contributed by atoms with Crippen LogP contribution in [0.25, 0.3) is 0 Å². The Bertz CT molecular complexity index is 555. The predicted octanol–water partition coefficient (Wildman–Crippen LogP) is 3.89. The van der Waals surface area contributed by atoms with Crippen LogP contribution in [0.15, 0.2) is 40.9 Å². The Labute approximate surface area is 112 Å². The molecule has 0 aliphatic heterocycles. The molecule has 0 aliphatic carbocycles. The van der Waals surface area contributed by atoms with Crippen molar-refractivity contribution in [3.05, 3.63) is 58.1 Å². The summed E-state index contributed by atoms with van der Waals surface area (Å²) in [6.07, 6.45) is 0. The van der Waals surface area contributed by atoms with Gasteiger partial charge < -0.3 is 10.5 Å². The molecule has 2 nitrogen and oxygen atoms in total. The normalized spacial score (nSPS) is 10.4. The molecule has 2 aromatic rings. The summed E-state index contributed by atoms with van der Waals surface area (Å²) in [6, 6.07) is 8.50. The third kappa shape index (κ3) is 2.79. The number of anilines is 1. The molecule has 0 aromatic heterocycles. The van der Waals surface area contributed by atoms with Gasteiger partial charge in [-0.15, -0.1) is 0 Å². The second kappa shape index (κ2) is 5.35. The van der Waals surface area contributed by atoms with Gasteiger partial charge in [-0.2, -0.15) is 0 Å². The molecule has 2 rings (SSSR count). The summed E-state index contributed by atoms with van der Waals surface area (Å²) < 4.78 is 32.1. The molecule has 0 spiro atoms. The summed E-state index contributed by atoms with van der Waals surface area (Å²) in [5, 5.41) is 0. The lowest BCUT2D eigenvalue weighted by Crippen LogP contribution is -2.02. The van der Waals surface area contributed by atoms with Gasteiger partial charge in [0.2, 0.25) is 0 Å². The van der Waals surface area contributed by atoms with Crippen molar-refractivity contribution in [2.24, 2.45) is 0 Å². The number of halogens is 3. The number of hydrogen-bond acceptors (Lipinski definition) is 2. The molecule has 0 saturated heterocycles. The maximum atomic E-state index is 13.3. The van der Waals surface area contributed by atoms with Crippen LogP contribution in [-0.4, -0.2) is 0 Å². The van der Waals surface area contributed by atoms with Gasteiger partial charge in [0.05, 0.1) is 0 Å². The molecular formula is C13H10BrF2NO. The van der Waals surface area contributed by atoms with Crippen LogP contribution in [-0.2, 0) is 6.61 Å². The Morgan fingerprint density at radius 2 is 1.94 bits per heavy atom. The lowest BCUT2D eigenvalue weighted by atomic mass is 10.2. The molecule has 2 aromatic carbocycles. The summed E-state index contributed by atoms with van der Waals surface area (Å²) in [5.74, 6) is -1.38. The fourth-order valence-corrected chi connectivity index (χ4v) is 1.97. The number of ether oxygens (including phenoxy) is 1. The van der Waals surface area contributed by atoms with Crippen LogP contribution in [0.5, 0.6) is 5.75 Å². The van der Waals surface area contributed by atoms with Crippen molar-refractivity contribution in [2.75, 3.05) is 5.73 Å². The van der Waals surface area contributed by atoms with Crippen molar-refractivity contribution < 1.29 is 13.5 Å². The molecular weight excluding hydrogens is 304 g/mol. The van der Waals surface area contributed by atoms with Gasteiger partial charge >= 0.3 is 0 Å². The van der Waals surface area contributed by atoms with E-state index >= 15 is 0 Å².